The fraction of sp³-hybridized carbons (Fsp3) is 0.562. The number of guanidine groups is 1. The van der Waals surface area contributed by atoms with Gasteiger partial charge in [-0.3, -0.25) is 4.90 Å². The quantitative estimate of drug-likeness (QED) is 0.869. The summed E-state index contributed by atoms with van der Waals surface area (Å²) in [5, 5.41) is 3.04. The van der Waals surface area contributed by atoms with Crippen molar-refractivity contribution in [1.82, 2.24) is 14.9 Å². The van der Waals surface area contributed by atoms with E-state index < -0.39 is 15.8 Å². The number of hydrogen-bond donors (Lipinski definition) is 2. The lowest BCUT2D eigenvalue weighted by Crippen LogP contribution is -2.54. The summed E-state index contributed by atoms with van der Waals surface area (Å²) in [6.07, 6.45) is 4.91. The van der Waals surface area contributed by atoms with Gasteiger partial charge in [-0.05, 0) is 43.0 Å². The molecule has 1 saturated carbocycles. The third-order valence-electron chi connectivity index (χ3n) is 4.75. The summed E-state index contributed by atoms with van der Waals surface area (Å²) >= 11 is 0. The molecule has 1 aliphatic heterocycles. The zero-order valence-electron chi connectivity index (χ0n) is 13.7. The van der Waals surface area contributed by atoms with Crippen molar-refractivity contribution in [1.29, 1.82) is 0 Å². The Morgan fingerprint density at radius 1 is 1.25 bits per heavy atom. The number of aliphatic imine (C=N–C) groups is 1. The van der Waals surface area contributed by atoms with Crippen LogP contribution < -0.4 is 10.0 Å². The Kier molecular flexibility index (Phi) is 5.05. The third-order valence-corrected chi connectivity index (χ3v) is 6.11. The predicted octanol–water partition coefficient (Wildman–Crippen LogP) is 1.86. The summed E-state index contributed by atoms with van der Waals surface area (Å²) in [5.74, 6) is 0.395. The molecular weight excluding hydrogens is 331 g/mol. The van der Waals surface area contributed by atoms with E-state index in [1.807, 2.05) is 0 Å². The van der Waals surface area contributed by atoms with Gasteiger partial charge in [0.1, 0.15) is 5.82 Å². The van der Waals surface area contributed by atoms with Gasteiger partial charge < -0.3 is 5.32 Å². The zero-order valence-corrected chi connectivity index (χ0v) is 14.5. The van der Waals surface area contributed by atoms with Gasteiger partial charge >= 0.3 is 0 Å². The van der Waals surface area contributed by atoms with E-state index in [0.717, 1.165) is 18.6 Å². The van der Waals surface area contributed by atoms with E-state index >= 15 is 0 Å². The topological polar surface area (TPSA) is 73.8 Å². The van der Waals surface area contributed by atoms with E-state index in [4.69, 9.17) is 0 Å². The van der Waals surface area contributed by atoms with Crippen LogP contribution >= 0.6 is 0 Å². The second-order valence-corrected chi connectivity index (χ2v) is 8.14. The molecule has 0 amide bonds. The summed E-state index contributed by atoms with van der Waals surface area (Å²) in [6, 6.07) is 5.20. The van der Waals surface area contributed by atoms with Crippen LogP contribution in [0, 0.1) is 11.7 Å². The molecule has 2 atom stereocenters. The maximum Gasteiger partial charge on any atom is 0.264 e. The van der Waals surface area contributed by atoms with Gasteiger partial charge in [-0.25, -0.2) is 22.5 Å². The molecule has 1 fully saturated rings. The van der Waals surface area contributed by atoms with E-state index in [1.165, 1.54) is 31.4 Å². The Morgan fingerprint density at radius 3 is 2.58 bits per heavy atom. The Labute approximate surface area is 142 Å². The van der Waals surface area contributed by atoms with Gasteiger partial charge in [0, 0.05) is 6.04 Å². The van der Waals surface area contributed by atoms with Gasteiger partial charge in [0.25, 0.3) is 10.0 Å². The highest BCUT2D eigenvalue weighted by Gasteiger charge is 2.29. The number of rotatable bonds is 3. The van der Waals surface area contributed by atoms with E-state index in [-0.39, 0.29) is 10.9 Å². The molecule has 2 aliphatic rings. The normalized spacial score (nSPS) is 25.7. The summed E-state index contributed by atoms with van der Waals surface area (Å²) in [7, 11) is -3.76. The monoisotopic (exact) mass is 354 g/mol. The molecule has 1 heterocycles. The van der Waals surface area contributed by atoms with Crippen LogP contribution in [0.25, 0.3) is 0 Å². The van der Waals surface area contributed by atoms with Crippen LogP contribution in [-0.4, -0.2) is 38.7 Å². The maximum absolute atomic E-state index is 12.9. The number of nitrogens with one attached hydrogen (secondary N) is 2. The molecular formula is C16H23FN4O2S. The molecule has 1 aliphatic carbocycles. The van der Waals surface area contributed by atoms with Crippen LogP contribution in [0.2, 0.25) is 0 Å². The van der Waals surface area contributed by atoms with Gasteiger partial charge in [-0.2, -0.15) is 0 Å². The van der Waals surface area contributed by atoms with E-state index in [0.29, 0.717) is 25.3 Å². The standard InChI is InChI=1S/C16H23FN4O2S/c1-12-4-2-3-5-15(12)21-10-18-16(19-11-21)20-24(22,23)14-8-6-13(17)7-9-14/h6-9,12,15H,2-5,10-11H2,1H3,(H2,18,19,20)/t12-,15+/m1/s1. The summed E-state index contributed by atoms with van der Waals surface area (Å²) < 4.78 is 39.9. The molecule has 1 aromatic rings. The fourth-order valence-electron chi connectivity index (χ4n) is 3.37. The first-order valence-electron chi connectivity index (χ1n) is 8.26. The Balaban J connectivity index is 1.63. The SMILES string of the molecule is C[C@@H]1CCCC[C@@H]1N1CN=C(NS(=O)(=O)c2ccc(F)cc2)NC1. The second kappa shape index (κ2) is 7.06. The van der Waals surface area contributed by atoms with Gasteiger partial charge in [-0.1, -0.05) is 19.8 Å². The van der Waals surface area contributed by atoms with Crippen LogP contribution in [0.4, 0.5) is 4.39 Å². The molecule has 2 N–H and O–H groups in total. The van der Waals surface area contributed by atoms with Crippen LogP contribution in [0.3, 0.4) is 0 Å². The number of sulfonamides is 1. The van der Waals surface area contributed by atoms with E-state index in [9.17, 15) is 12.8 Å². The fourth-order valence-corrected chi connectivity index (χ4v) is 4.38. The van der Waals surface area contributed by atoms with E-state index in [2.05, 4.69) is 26.9 Å². The smallest absolute Gasteiger partial charge is 0.264 e. The molecule has 0 aromatic heterocycles. The maximum atomic E-state index is 12.9. The largest absolute Gasteiger partial charge is 0.343 e. The molecule has 8 heteroatoms. The van der Waals surface area contributed by atoms with Crippen molar-refractivity contribution in [2.75, 3.05) is 13.3 Å². The highest BCUT2D eigenvalue weighted by Crippen LogP contribution is 2.28. The van der Waals surface area contributed by atoms with Crippen LogP contribution in [0.15, 0.2) is 34.2 Å². The van der Waals surface area contributed by atoms with Crippen molar-refractivity contribution in [2.45, 2.75) is 43.5 Å². The Bertz CT molecular complexity index is 705. The highest BCUT2D eigenvalue weighted by atomic mass is 32.2. The molecule has 3 rings (SSSR count). The third kappa shape index (κ3) is 3.87. The minimum Gasteiger partial charge on any atom is -0.343 e. The summed E-state index contributed by atoms with van der Waals surface area (Å²) in [6.45, 7) is 3.31. The number of benzene rings is 1. The van der Waals surface area contributed by atoms with Gasteiger partial charge in [0.05, 0.1) is 18.2 Å². The van der Waals surface area contributed by atoms with Crippen LogP contribution in [0.1, 0.15) is 32.6 Å². The summed E-state index contributed by atoms with van der Waals surface area (Å²) in [5.41, 5.74) is 0. The van der Waals surface area contributed by atoms with Crippen molar-refractivity contribution in [2.24, 2.45) is 10.9 Å². The Morgan fingerprint density at radius 2 is 1.96 bits per heavy atom. The lowest BCUT2D eigenvalue weighted by molar-refractivity contribution is 0.106. The van der Waals surface area contributed by atoms with Gasteiger partial charge in [0.2, 0.25) is 5.96 Å². The first-order valence-corrected chi connectivity index (χ1v) is 9.75. The molecule has 132 valence electrons. The van der Waals surface area contributed by atoms with Crippen molar-refractivity contribution < 1.29 is 12.8 Å². The lowest BCUT2D eigenvalue weighted by Gasteiger charge is -2.39. The Hall–Kier alpha value is -1.67. The molecule has 1 aromatic carbocycles. The number of nitrogens with zero attached hydrogens (tertiary/aromatic N) is 2. The average Bonchev–Trinajstić information content (AvgIpc) is 2.56. The molecule has 0 radical (unpaired) electrons. The molecule has 6 nitrogen and oxygen atoms in total. The summed E-state index contributed by atoms with van der Waals surface area (Å²) in [4.78, 5) is 6.58. The molecule has 0 bridgehead atoms. The lowest BCUT2D eigenvalue weighted by atomic mass is 9.85. The average molecular weight is 354 g/mol. The first kappa shape index (κ1) is 17.2. The minimum atomic E-state index is -3.76. The van der Waals surface area contributed by atoms with Crippen LogP contribution in [0.5, 0.6) is 0 Å². The minimum absolute atomic E-state index is 0.0109. The van der Waals surface area contributed by atoms with Gasteiger partial charge in [0.15, 0.2) is 0 Å². The highest BCUT2D eigenvalue weighted by molar-refractivity contribution is 7.90. The molecule has 0 spiro atoms. The van der Waals surface area contributed by atoms with E-state index in [1.54, 1.807) is 0 Å². The number of halogens is 1. The zero-order chi connectivity index (χ0) is 17.2. The second-order valence-electron chi connectivity index (χ2n) is 6.46. The van der Waals surface area contributed by atoms with Gasteiger partial charge in [-0.15, -0.1) is 0 Å². The predicted molar refractivity (Wildman–Crippen MR) is 90.3 cm³/mol. The first-order chi connectivity index (χ1) is 11.5. The van der Waals surface area contributed by atoms with Crippen molar-refractivity contribution >= 4 is 16.0 Å². The molecule has 24 heavy (non-hydrogen) atoms. The van der Waals surface area contributed by atoms with Crippen molar-refractivity contribution in [3.63, 3.8) is 0 Å². The molecule has 0 unspecified atom stereocenters. The van der Waals surface area contributed by atoms with Crippen LogP contribution in [-0.2, 0) is 10.0 Å². The molecule has 0 saturated heterocycles. The number of hydrogen-bond acceptors (Lipinski definition) is 5. The van der Waals surface area contributed by atoms with Crippen molar-refractivity contribution in [3.8, 4) is 0 Å². The van der Waals surface area contributed by atoms with Crippen molar-refractivity contribution in [3.05, 3.63) is 30.1 Å².